The third-order valence-corrected chi connectivity index (χ3v) is 3.93. The molecule has 4 nitrogen and oxygen atoms in total. The van der Waals surface area contributed by atoms with Crippen molar-refractivity contribution in [3.63, 3.8) is 0 Å². The Morgan fingerprint density at radius 3 is 1.89 bits per heavy atom. The molecule has 1 aliphatic rings. The van der Waals surface area contributed by atoms with Gasteiger partial charge in [-0.1, -0.05) is 6.07 Å². The predicted molar refractivity (Wildman–Crippen MR) is 72.6 cm³/mol. The molecular formula is C15H22O4. The lowest BCUT2D eigenvalue weighted by atomic mass is 9.90. The summed E-state index contributed by atoms with van der Waals surface area (Å²) < 4.78 is 22.5. The average molecular weight is 266 g/mol. The molecule has 0 aromatic heterocycles. The van der Waals surface area contributed by atoms with Gasteiger partial charge in [0.25, 0.3) is 0 Å². The topological polar surface area (TPSA) is 36.9 Å². The lowest BCUT2D eigenvalue weighted by molar-refractivity contribution is -0.0896. The first-order valence-corrected chi connectivity index (χ1v) is 6.38. The summed E-state index contributed by atoms with van der Waals surface area (Å²) in [5.41, 5.74) is 0.242. The number of methoxy groups -OCH3 is 2. The second-order valence-electron chi connectivity index (χ2n) is 5.70. The van der Waals surface area contributed by atoms with Crippen LogP contribution < -0.4 is 9.47 Å². The number of benzene rings is 1. The van der Waals surface area contributed by atoms with Crippen LogP contribution in [0.5, 0.6) is 11.5 Å². The van der Waals surface area contributed by atoms with Crippen molar-refractivity contribution in [3.8, 4) is 11.5 Å². The molecule has 0 unspecified atom stereocenters. The molecule has 1 aromatic carbocycles. The molecule has 0 N–H and O–H groups in total. The molecule has 0 spiro atoms. The van der Waals surface area contributed by atoms with E-state index in [-0.39, 0.29) is 17.5 Å². The van der Waals surface area contributed by atoms with Crippen LogP contribution in [0.1, 0.15) is 39.5 Å². The largest absolute Gasteiger partial charge is 0.493 e. The van der Waals surface area contributed by atoms with Crippen LogP contribution in [0.15, 0.2) is 18.2 Å². The molecule has 0 atom stereocenters. The van der Waals surface area contributed by atoms with Gasteiger partial charge in [0.1, 0.15) is 0 Å². The van der Waals surface area contributed by atoms with Gasteiger partial charge in [-0.25, -0.2) is 0 Å². The highest BCUT2D eigenvalue weighted by molar-refractivity contribution is 5.43. The molecule has 4 heteroatoms. The molecule has 0 saturated carbocycles. The summed E-state index contributed by atoms with van der Waals surface area (Å²) in [7, 11) is 3.23. The van der Waals surface area contributed by atoms with Crippen LogP contribution in [0.4, 0.5) is 0 Å². The lowest BCUT2D eigenvalue weighted by Gasteiger charge is -2.30. The van der Waals surface area contributed by atoms with Crippen molar-refractivity contribution in [1.29, 1.82) is 0 Å². The Morgan fingerprint density at radius 2 is 1.42 bits per heavy atom. The second-order valence-corrected chi connectivity index (χ2v) is 5.70. The van der Waals surface area contributed by atoms with Crippen LogP contribution >= 0.6 is 0 Å². The van der Waals surface area contributed by atoms with E-state index in [0.29, 0.717) is 11.5 Å². The molecule has 1 heterocycles. The number of hydrogen-bond donors (Lipinski definition) is 0. The third kappa shape index (κ3) is 2.42. The molecule has 1 aliphatic heterocycles. The molecule has 2 rings (SSSR count). The fourth-order valence-electron chi connectivity index (χ4n) is 1.98. The van der Waals surface area contributed by atoms with Gasteiger partial charge in [-0.05, 0) is 39.8 Å². The maximum Gasteiger partial charge on any atom is 0.185 e. The Morgan fingerprint density at radius 1 is 0.895 bits per heavy atom. The van der Waals surface area contributed by atoms with Crippen molar-refractivity contribution in [1.82, 2.24) is 0 Å². The maximum atomic E-state index is 6.00. The van der Waals surface area contributed by atoms with Gasteiger partial charge < -0.3 is 18.9 Å². The van der Waals surface area contributed by atoms with Crippen LogP contribution in [0, 0.1) is 0 Å². The van der Waals surface area contributed by atoms with Crippen molar-refractivity contribution in [3.05, 3.63) is 23.8 Å². The summed E-state index contributed by atoms with van der Waals surface area (Å²) in [5, 5.41) is 0. The molecule has 19 heavy (non-hydrogen) atoms. The molecule has 0 radical (unpaired) electrons. The van der Waals surface area contributed by atoms with Crippen molar-refractivity contribution in [2.45, 2.75) is 45.2 Å². The quantitative estimate of drug-likeness (QED) is 0.841. The van der Waals surface area contributed by atoms with Crippen LogP contribution in [0.2, 0.25) is 0 Å². The Kier molecular flexibility index (Phi) is 3.49. The summed E-state index contributed by atoms with van der Waals surface area (Å²) in [4.78, 5) is 0. The number of hydrogen-bond acceptors (Lipinski definition) is 4. The van der Waals surface area contributed by atoms with E-state index in [0.717, 1.165) is 5.56 Å². The van der Waals surface area contributed by atoms with Crippen molar-refractivity contribution >= 4 is 0 Å². The Bertz CT molecular complexity index is 449. The summed E-state index contributed by atoms with van der Waals surface area (Å²) >= 11 is 0. The highest BCUT2D eigenvalue weighted by Crippen LogP contribution is 2.45. The van der Waals surface area contributed by atoms with Gasteiger partial charge in [0.05, 0.1) is 25.4 Å². The summed E-state index contributed by atoms with van der Waals surface area (Å²) in [6.45, 7) is 8.14. The van der Waals surface area contributed by atoms with Crippen molar-refractivity contribution in [2.24, 2.45) is 0 Å². The van der Waals surface area contributed by atoms with E-state index in [4.69, 9.17) is 18.9 Å². The average Bonchev–Trinajstić information content (AvgIpc) is 2.57. The van der Waals surface area contributed by atoms with E-state index in [1.807, 2.05) is 45.9 Å². The summed E-state index contributed by atoms with van der Waals surface area (Å²) in [6.07, 6.45) is -0.384. The first-order valence-electron chi connectivity index (χ1n) is 6.38. The molecule has 0 aliphatic carbocycles. The zero-order chi connectivity index (χ0) is 14.3. The van der Waals surface area contributed by atoms with Crippen LogP contribution in [0.3, 0.4) is 0 Å². The van der Waals surface area contributed by atoms with Crippen molar-refractivity contribution in [2.75, 3.05) is 14.2 Å². The third-order valence-electron chi connectivity index (χ3n) is 3.93. The van der Waals surface area contributed by atoms with Gasteiger partial charge in [-0.3, -0.25) is 0 Å². The van der Waals surface area contributed by atoms with Gasteiger partial charge in [0, 0.05) is 5.56 Å². The van der Waals surface area contributed by atoms with Gasteiger partial charge in [0.15, 0.2) is 17.8 Å². The van der Waals surface area contributed by atoms with Gasteiger partial charge >= 0.3 is 0 Å². The van der Waals surface area contributed by atoms with Gasteiger partial charge in [-0.15, -0.1) is 0 Å². The molecule has 106 valence electrons. The standard InChI is InChI=1S/C15H22O4/c1-14(2)15(3,4)19-13(18-14)10-7-8-11(16-5)12(9-10)17-6/h7-9,13H,1-6H3. The minimum Gasteiger partial charge on any atom is -0.493 e. The van der Waals surface area contributed by atoms with E-state index >= 15 is 0 Å². The first-order chi connectivity index (χ1) is 8.80. The fourth-order valence-corrected chi connectivity index (χ4v) is 1.98. The maximum absolute atomic E-state index is 6.00. The normalized spacial score (nSPS) is 21.4. The summed E-state index contributed by atoms with van der Waals surface area (Å²) in [6, 6.07) is 5.68. The van der Waals surface area contributed by atoms with E-state index in [1.165, 1.54) is 0 Å². The SMILES string of the molecule is COc1ccc(C2OC(C)(C)C(C)(C)O2)cc1OC. The number of rotatable bonds is 3. The molecule has 0 amide bonds. The van der Waals surface area contributed by atoms with Crippen LogP contribution in [-0.2, 0) is 9.47 Å². The first kappa shape index (κ1) is 14.2. The zero-order valence-electron chi connectivity index (χ0n) is 12.4. The van der Waals surface area contributed by atoms with E-state index < -0.39 is 0 Å². The predicted octanol–water partition coefficient (Wildman–Crippen LogP) is 3.31. The van der Waals surface area contributed by atoms with E-state index in [1.54, 1.807) is 14.2 Å². The Hall–Kier alpha value is -1.26. The van der Waals surface area contributed by atoms with Gasteiger partial charge in [0.2, 0.25) is 0 Å². The van der Waals surface area contributed by atoms with Crippen LogP contribution in [-0.4, -0.2) is 25.4 Å². The number of ether oxygens (including phenoxy) is 4. The van der Waals surface area contributed by atoms with Crippen molar-refractivity contribution < 1.29 is 18.9 Å². The minimum atomic E-state index is -0.384. The lowest BCUT2D eigenvalue weighted by Crippen LogP contribution is -2.41. The van der Waals surface area contributed by atoms with E-state index in [9.17, 15) is 0 Å². The monoisotopic (exact) mass is 266 g/mol. The Labute approximate surface area is 114 Å². The van der Waals surface area contributed by atoms with Gasteiger partial charge in [-0.2, -0.15) is 0 Å². The zero-order valence-corrected chi connectivity index (χ0v) is 12.4. The summed E-state index contributed by atoms with van der Waals surface area (Å²) in [5.74, 6) is 1.37. The van der Waals surface area contributed by atoms with E-state index in [2.05, 4.69) is 0 Å². The highest BCUT2D eigenvalue weighted by Gasteiger charge is 2.49. The minimum absolute atomic E-state index is 0.342. The fraction of sp³-hybridized carbons (Fsp3) is 0.600. The second kappa shape index (κ2) is 4.69. The molecule has 1 fully saturated rings. The Balaban J connectivity index is 2.30. The molecule has 0 bridgehead atoms. The highest BCUT2D eigenvalue weighted by atomic mass is 16.7. The van der Waals surface area contributed by atoms with Crippen LogP contribution in [0.25, 0.3) is 0 Å². The smallest absolute Gasteiger partial charge is 0.185 e. The molecule has 1 saturated heterocycles. The molecular weight excluding hydrogens is 244 g/mol. The molecule has 1 aromatic rings.